The van der Waals surface area contributed by atoms with E-state index in [-0.39, 0.29) is 5.75 Å². The van der Waals surface area contributed by atoms with Crippen LogP contribution < -0.4 is 10.1 Å². The lowest BCUT2D eigenvalue weighted by Gasteiger charge is -2.35. The number of benzene rings is 1. The fourth-order valence-electron chi connectivity index (χ4n) is 2.96. The molecule has 118 valence electrons. The minimum absolute atomic E-state index is 0.236. The van der Waals surface area contributed by atoms with Gasteiger partial charge in [0.15, 0.2) is 11.5 Å². The molecule has 1 atom stereocenters. The molecule has 0 aromatic heterocycles. The van der Waals surface area contributed by atoms with Crippen molar-refractivity contribution in [3.63, 3.8) is 0 Å². The average molecular weight is 292 g/mol. The van der Waals surface area contributed by atoms with Gasteiger partial charge in [-0.05, 0) is 36.5 Å². The Bertz CT molecular complexity index is 442. The SMILES string of the molecule is COc1ccc([C@H](CCC(C)C)N2CCNCC2)cc1O. The van der Waals surface area contributed by atoms with Gasteiger partial charge in [0.25, 0.3) is 0 Å². The molecule has 1 aliphatic heterocycles. The molecule has 1 aromatic rings. The van der Waals surface area contributed by atoms with Gasteiger partial charge in [0.2, 0.25) is 0 Å². The minimum atomic E-state index is 0.236. The van der Waals surface area contributed by atoms with E-state index in [1.165, 1.54) is 12.0 Å². The number of aromatic hydroxyl groups is 1. The highest BCUT2D eigenvalue weighted by Crippen LogP contribution is 2.34. The Kier molecular flexibility index (Phi) is 5.88. The number of hydrogen-bond acceptors (Lipinski definition) is 4. The van der Waals surface area contributed by atoms with Gasteiger partial charge in [-0.2, -0.15) is 0 Å². The molecule has 1 heterocycles. The first-order chi connectivity index (χ1) is 10.1. The molecule has 0 unspecified atom stereocenters. The van der Waals surface area contributed by atoms with Crippen LogP contribution >= 0.6 is 0 Å². The van der Waals surface area contributed by atoms with Crippen molar-refractivity contribution < 1.29 is 9.84 Å². The van der Waals surface area contributed by atoms with Crippen LogP contribution in [0, 0.1) is 5.92 Å². The second-order valence-corrected chi connectivity index (χ2v) is 6.20. The van der Waals surface area contributed by atoms with Crippen LogP contribution in [0.5, 0.6) is 11.5 Å². The maximum Gasteiger partial charge on any atom is 0.160 e. The van der Waals surface area contributed by atoms with Crippen molar-refractivity contribution in [2.75, 3.05) is 33.3 Å². The topological polar surface area (TPSA) is 44.7 Å². The number of hydrogen-bond donors (Lipinski definition) is 2. The summed E-state index contributed by atoms with van der Waals surface area (Å²) in [7, 11) is 1.58. The molecular weight excluding hydrogens is 264 g/mol. The Morgan fingerprint density at radius 1 is 1.24 bits per heavy atom. The van der Waals surface area contributed by atoms with Gasteiger partial charge in [-0.3, -0.25) is 4.90 Å². The standard InChI is InChI=1S/C17H28N2O2/c1-13(2)4-6-15(19-10-8-18-9-11-19)14-5-7-17(21-3)16(20)12-14/h5,7,12-13,15,18,20H,4,6,8-11H2,1-3H3/t15-/m0/s1. The zero-order chi connectivity index (χ0) is 15.2. The first-order valence-corrected chi connectivity index (χ1v) is 7.93. The predicted octanol–water partition coefficient (Wildman–Crippen LogP) is 2.78. The molecule has 0 saturated carbocycles. The molecule has 0 bridgehead atoms. The number of nitrogens with one attached hydrogen (secondary N) is 1. The van der Waals surface area contributed by atoms with Crippen LogP contribution in [-0.2, 0) is 0 Å². The van der Waals surface area contributed by atoms with Gasteiger partial charge in [-0.25, -0.2) is 0 Å². The van der Waals surface area contributed by atoms with Gasteiger partial charge < -0.3 is 15.2 Å². The van der Waals surface area contributed by atoms with Crippen LogP contribution in [0.15, 0.2) is 18.2 Å². The Morgan fingerprint density at radius 2 is 1.95 bits per heavy atom. The predicted molar refractivity (Wildman–Crippen MR) is 85.9 cm³/mol. The van der Waals surface area contributed by atoms with Crippen LogP contribution in [0.1, 0.15) is 38.3 Å². The quantitative estimate of drug-likeness (QED) is 0.846. The molecule has 2 N–H and O–H groups in total. The van der Waals surface area contributed by atoms with Crippen LogP contribution in [0.4, 0.5) is 0 Å². The normalized spacial score (nSPS) is 17.9. The van der Waals surface area contributed by atoms with E-state index in [1.807, 2.05) is 12.1 Å². The lowest BCUT2D eigenvalue weighted by atomic mass is 9.95. The number of rotatable bonds is 6. The highest BCUT2D eigenvalue weighted by molar-refractivity contribution is 5.42. The van der Waals surface area contributed by atoms with E-state index in [0.717, 1.165) is 32.6 Å². The van der Waals surface area contributed by atoms with Crippen molar-refractivity contribution in [3.05, 3.63) is 23.8 Å². The molecule has 1 saturated heterocycles. The number of methoxy groups -OCH3 is 1. The molecule has 1 aliphatic rings. The van der Waals surface area contributed by atoms with Crippen LogP contribution in [0.3, 0.4) is 0 Å². The summed E-state index contributed by atoms with van der Waals surface area (Å²) >= 11 is 0. The van der Waals surface area contributed by atoms with Crippen molar-refractivity contribution >= 4 is 0 Å². The van der Waals surface area contributed by atoms with Crippen LogP contribution in [0.2, 0.25) is 0 Å². The zero-order valence-corrected chi connectivity index (χ0v) is 13.4. The van der Waals surface area contributed by atoms with E-state index in [0.29, 0.717) is 17.7 Å². The Morgan fingerprint density at radius 3 is 2.52 bits per heavy atom. The molecule has 1 aromatic carbocycles. The monoisotopic (exact) mass is 292 g/mol. The third kappa shape index (κ3) is 4.35. The number of ether oxygens (including phenoxy) is 1. The summed E-state index contributed by atoms with van der Waals surface area (Å²) < 4.78 is 5.15. The second-order valence-electron chi connectivity index (χ2n) is 6.20. The van der Waals surface area contributed by atoms with Gasteiger partial charge in [0.1, 0.15) is 0 Å². The molecule has 4 nitrogen and oxygen atoms in total. The number of phenolic OH excluding ortho intramolecular Hbond substituents is 1. The number of piperazine rings is 1. The van der Waals surface area contributed by atoms with Gasteiger partial charge in [-0.1, -0.05) is 19.9 Å². The van der Waals surface area contributed by atoms with Crippen molar-refractivity contribution in [1.82, 2.24) is 10.2 Å². The Hall–Kier alpha value is -1.26. The van der Waals surface area contributed by atoms with E-state index in [4.69, 9.17) is 4.74 Å². The zero-order valence-electron chi connectivity index (χ0n) is 13.4. The largest absolute Gasteiger partial charge is 0.504 e. The summed E-state index contributed by atoms with van der Waals surface area (Å²) in [4.78, 5) is 2.53. The highest BCUT2D eigenvalue weighted by atomic mass is 16.5. The molecule has 1 fully saturated rings. The third-order valence-corrected chi connectivity index (χ3v) is 4.20. The molecule has 4 heteroatoms. The summed E-state index contributed by atoms with van der Waals surface area (Å²) in [5.41, 5.74) is 1.19. The molecular formula is C17H28N2O2. The molecule has 0 amide bonds. The third-order valence-electron chi connectivity index (χ3n) is 4.20. The number of nitrogens with zero attached hydrogens (tertiary/aromatic N) is 1. The minimum Gasteiger partial charge on any atom is -0.504 e. The maximum absolute atomic E-state index is 10.1. The van der Waals surface area contributed by atoms with Crippen LogP contribution in [0.25, 0.3) is 0 Å². The fourth-order valence-corrected chi connectivity index (χ4v) is 2.96. The molecule has 0 radical (unpaired) electrons. The summed E-state index contributed by atoms with van der Waals surface area (Å²) in [5, 5.41) is 13.5. The van der Waals surface area contributed by atoms with Gasteiger partial charge in [-0.15, -0.1) is 0 Å². The van der Waals surface area contributed by atoms with E-state index >= 15 is 0 Å². The van der Waals surface area contributed by atoms with Crippen molar-refractivity contribution in [2.45, 2.75) is 32.7 Å². The molecule has 2 rings (SSSR count). The summed E-state index contributed by atoms with van der Waals surface area (Å²) in [6, 6.07) is 6.21. The van der Waals surface area contributed by atoms with E-state index in [1.54, 1.807) is 7.11 Å². The Balaban J connectivity index is 2.18. The molecule has 0 aliphatic carbocycles. The summed E-state index contributed by atoms with van der Waals surface area (Å²) in [5.74, 6) is 1.48. The first-order valence-electron chi connectivity index (χ1n) is 7.93. The lowest BCUT2D eigenvalue weighted by molar-refractivity contribution is 0.159. The second kappa shape index (κ2) is 7.66. The number of phenols is 1. The van der Waals surface area contributed by atoms with Crippen molar-refractivity contribution in [1.29, 1.82) is 0 Å². The molecule has 21 heavy (non-hydrogen) atoms. The molecule has 0 spiro atoms. The smallest absolute Gasteiger partial charge is 0.160 e. The fraction of sp³-hybridized carbons (Fsp3) is 0.647. The maximum atomic E-state index is 10.1. The van der Waals surface area contributed by atoms with Gasteiger partial charge in [0.05, 0.1) is 7.11 Å². The lowest BCUT2D eigenvalue weighted by Crippen LogP contribution is -2.45. The van der Waals surface area contributed by atoms with E-state index in [2.05, 4.69) is 30.1 Å². The average Bonchev–Trinajstić information content (AvgIpc) is 2.48. The van der Waals surface area contributed by atoms with Crippen LogP contribution in [-0.4, -0.2) is 43.3 Å². The summed E-state index contributed by atoms with van der Waals surface area (Å²) in [6.45, 7) is 8.74. The summed E-state index contributed by atoms with van der Waals surface area (Å²) in [6.07, 6.45) is 2.32. The van der Waals surface area contributed by atoms with Gasteiger partial charge in [0, 0.05) is 32.2 Å². The first kappa shape index (κ1) is 16.1. The van der Waals surface area contributed by atoms with Crippen molar-refractivity contribution in [3.8, 4) is 11.5 Å². The Labute approximate surface area is 128 Å². The van der Waals surface area contributed by atoms with E-state index in [9.17, 15) is 5.11 Å². The van der Waals surface area contributed by atoms with Gasteiger partial charge >= 0.3 is 0 Å². The van der Waals surface area contributed by atoms with E-state index < -0.39 is 0 Å². The highest BCUT2D eigenvalue weighted by Gasteiger charge is 2.23. The van der Waals surface area contributed by atoms with Crippen molar-refractivity contribution in [2.24, 2.45) is 5.92 Å².